The maximum Gasteiger partial charge on any atom is 0.416 e. The van der Waals surface area contributed by atoms with Gasteiger partial charge in [0.15, 0.2) is 0 Å². The number of nitrogens with zero attached hydrogens (tertiary/aromatic N) is 2. The third-order valence-corrected chi connectivity index (χ3v) is 6.82. The van der Waals surface area contributed by atoms with Gasteiger partial charge in [-0.3, -0.25) is 14.1 Å². The van der Waals surface area contributed by atoms with E-state index in [-0.39, 0.29) is 25.3 Å². The topological polar surface area (TPSA) is 96.8 Å². The van der Waals surface area contributed by atoms with Crippen molar-refractivity contribution in [1.29, 1.82) is 0 Å². The summed E-state index contributed by atoms with van der Waals surface area (Å²) in [6.45, 7) is 3.52. The molecule has 186 valence electrons. The average molecular weight is 509 g/mol. The van der Waals surface area contributed by atoms with E-state index in [0.29, 0.717) is 23.1 Å². The predicted molar refractivity (Wildman–Crippen MR) is 124 cm³/mol. The van der Waals surface area contributed by atoms with Gasteiger partial charge in [0.25, 0.3) is 10.0 Å². The molecule has 7 nitrogen and oxygen atoms in total. The highest BCUT2D eigenvalue weighted by Crippen LogP contribution is 2.39. The number of hydrogen-bond donors (Lipinski definition) is 1. The maximum atomic E-state index is 13.2. The molecule has 0 radical (unpaired) electrons. The minimum Gasteiger partial charge on any atom is -0.489 e. The highest BCUT2D eigenvalue weighted by atomic mass is 32.2. The molecule has 4 rings (SSSR count). The third kappa shape index (κ3) is 6.10. The van der Waals surface area contributed by atoms with Gasteiger partial charge in [-0.1, -0.05) is 19.1 Å². The molecule has 0 aliphatic carbocycles. The van der Waals surface area contributed by atoms with E-state index in [4.69, 9.17) is 9.84 Å². The second-order valence-electron chi connectivity index (χ2n) is 7.55. The van der Waals surface area contributed by atoms with Crippen molar-refractivity contribution in [1.82, 2.24) is 4.98 Å². The highest BCUT2D eigenvalue weighted by Gasteiger charge is 2.34. The van der Waals surface area contributed by atoms with Crippen LogP contribution in [0.5, 0.6) is 5.75 Å². The lowest BCUT2D eigenvalue weighted by Crippen LogP contribution is -2.38. The van der Waals surface area contributed by atoms with Crippen LogP contribution in [0.25, 0.3) is 11.3 Å². The molecule has 1 aromatic heterocycles. The zero-order valence-corrected chi connectivity index (χ0v) is 19.7. The number of rotatable bonds is 4. The van der Waals surface area contributed by atoms with E-state index < -0.39 is 32.6 Å². The van der Waals surface area contributed by atoms with Crippen molar-refractivity contribution in [3.63, 3.8) is 0 Å². The fourth-order valence-electron chi connectivity index (χ4n) is 3.27. The molecule has 11 heteroatoms. The molecule has 1 aliphatic rings. The molecule has 3 aromatic rings. The van der Waals surface area contributed by atoms with Crippen LogP contribution in [-0.4, -0.2) is 37.6 Å². The Kier molecular flexibility index (Phi) is 7.69. The number of carboxylic acids is 1. The first kappa shape index (κ1) is 26.0. The van der Waals surface area contributed by atoms with Gasteiger partial charge < -0.3 is 9.84 Å². The van der Waals surface area contributed by atoms with Crippen molar-refractivity contribution in [3.8, 4) is 17.0 Å². The maximum absolute atomic E-state index is 13.2. The summed E-state index contributed by atoms with van der Waals surface area (Å²) in [5, 5.41) is 7.72. The molecular weight excluding hydrogens is 485 g/mol. The first-order chi connectivity index (χ1) is 16.4. The number of benzene rings is 2. The van der Waals surface area contributed by atoms with Crippen LogP contribution in [-0.2, 0) is 21.0 Å². The standard InChI is InChI=1S/C21H17F3N2O3S.C3H6O2/c1-14-4-2-7-18(25-14)15-8-9-20-19(12-15)26(10-11-29-20)30(27,28)17-6-3-5-16(13-17)21(22,23)24;1-2-3(4)5/h2-9,12-13H,10-11H2,1H3;2H2,1H3,(H,4,5). The fourth-order valence-corrected chi connectivity index (χ4v) is 4.76. The number of sulfonamides is 1. The molecule has 0 saturated heterocycles. The van der Waals surface area contributed by atoms with Crippen molar-refractivity contribution in [2.24, 2.45) is 0 Å². The number of aromatic nitrogens is 1. The van der Waals surface area contributed by atoms with E-state index >= 15 is 0 Å². The molecule has 35 heavy (non-hydrogen) atoms. The molecule has 0 saturated carbocycles. The summed E-state index contributed by atoms with van der Waals surface area (Å²) in [6.07, 6.45) is -4.42. The monoisotopic (exact) mass is 508 g/mol. The second-order valence-corrected chi connectivity index (χ2v) is 9.41. The minimum atomic E-state index is -4.64. The summed E-state index contributed by atoms with van der Waals surface area (Å²) in [6, 6.07) is 14.2. The molecule has 0 atom stereocenters. The van der Waals surface area contributed by atoms with Crippen molar-refractivity contribution in [2.75, 3.05) is 17.5 Å². The van der Waals surface area contributed by atoms with Crippen LogP contribution in [0, 0.1) is 6.92 Å². The molecule has 2 heterocycles. The largest absolute Gasteiger partial charge is 0.489 e. The Hall–Kier alpha value is -3.60. The van der Waals surface area contributed by atoms with E-state index in [1.54, 1.807) is 31.2 Å². The number of aryl methyl sites for hydroxylation is 1. The normalized spacial score (nSPS) is 13.2. The lowest BCUT2D eigenvalue weighted by atomic mass is 10.1. The SMILES string of the molecule is CCC(=O)O.Cc1cccc(-c2ccc3c(c2)N(S(=O)(=O)c2cccc(C(F)(F)F)c2)CCO3)n1. The van der Waals surface area contributed by atoms with Gasteiger partial charge in [-0.25, -0.2) is 8.42 Å². The van der Waals surface area contributed by atoms with Gasteiger partial charge in [-0.05, 0) is 55.5 Å². The first-order valence-electron chi connectivity index (χ1n) is 10.6. The number of fused-ring (bicyclic) bond motifs is 1. The van der Waals surface area contributed by atoms with E-state index in [1.807, 2.05) is 19.1 Å². The van der Waals surface area contributed by atoms with E-state index in [9.17, 15) is 26.4 Å². The van der Waals surface area contributed by atoms with Gasteiger partial charge in [0.2, 0.25) is 0 Å². The Morgan fingerprint density at radius 3 is 2.43 bits per heavy atom. The lowest BCUT2D eigenvalue weighted by molar-refractivity contribution is -0.138. The fraction of sp³-hybridized carbons (Fsp3) is 0.250. The predicted octanol–water partition coefficient (Wildman–Crippen LogP) is 5.14. The molecule has 0 amide bonds. The van der Waals surface area contributed by atoms with Gasteiger partial charge in [-0.15, -0.1) is 0 Å². The molecule has 1 N–H and O–H groups in total. The summed E-state index contributed by atoms with van der Waals surface area (Å²) in [4.78, 5) is 13.4. The summed E-state index contributed by atoms with van der Waals surface area (Å²) in [5.74, 6) is -0.404. The van der Waals surface area contributed by atoms with Gasteiger partial charge in [-0.2, -0.15) is 13.2 Å². The van der Waals surface area contributed by atoms with Crippen LogP contribution >= 0.6 is 0 Å². The van der Waals surface area contributed by atoms with Crippen molar-refractivity contribution < 1.29 is 36.2 Å². The van der Waals surface area contributed by atoms with E-state index in [1.165, 1.54) is 0 Å². The Balaban J connectivity index is 0.000000623. The number of hydrogen-bond acceptors (Lipinski definition) is 5. The zero-order chi connectivity index (χ0) is 25.8. The first-order valence-corrected chi connectivity index (χ1v) is 12.0. The van der Waals surface area contributed by atoms with Gasteiger partial charge in [0, 0.05) is 17.7 Å². The molecule has 0 unspecified atom stereocenters. The summed E-state index contributed by atoms with van der Waals surface area (Å²) in [7, 11) is -4.23. The van der Waals surface area contributed by atoms with Gasteiger partial charge in [0.05, 0.1) is 28.4 Å². The summed E-state index contributed by atoms with van der Waals surface area (Å²) < 4.78 is 72.3. The molecule has 0 spiro atoms. The quantitative estimate of drug-likeness (QED) is 0.524. The van der Waals surface area contributed by atoms with Gasteiger partial charge in [0.1, 0.15) is 12.4 Å². The summed E-state index contributed by atoms with van der Waals surface area (Å²) in [5.41, 5.74) is 1.37. The van der Waals surface area contributed by atoms with Crippen LogP contribution < -0.4 is 9.04 Å². The Labute approximate surface area is 200 Å². The zero-order valence-electron chi connectivity index (χ0n) is 18.9. The summed E-state index contributed by atoms with van der Waals surface area (Å²) >= 11 is 0. The van der Waals surface area contributed by atoms with Crippen LogP contribution in [0.15, 0.2) is 65.6 Å². The molecule has 1 aliphatic heterocycles. The number of ether oxygens (including phenoxy) is 1. The Morgan fingerprint density at radius 1 is 1.11 bits per heavy atom. The van der Waals surface area contributed by atoms with Gasteiger partial charge >= 0.3 is 12.1 Å². The number of alkyl halides is 3. The lowest BCUT2D eigenvalue weighted by Gasteiger charge is -2.31. The molecule has 0 bridgehead atoms. The number of carboxylic acid groups (broad SMARTS) is 1. The number of anilines is 1. The Bertz CT molecular complexity index is 1330. The molecule has 2 aromatic carbocycles. The molecule has 0 fully saturated rings. The number of pyridine rings is 1. The minimum absolute atomic E-state index is 0.0176. The smallest absolute Gasteiger partial charge is 0.416 e. The molecular formula is C24H23F3N2O5S. The number of halogens is 3. The average Bonchev–Trinajstić information content (AvgIpc) is 2.83. The van der Waals surface area contributed by atoms with Crippen molar-refractivity contribution >= 4 is 21.7 Å². The third-order valence-electron chi connectivity index (χ3n) is 5.02. The Morgan fingerprint density at radius 2 is 1.80 bits per heavy atom. The number of aliphatic carboxylic acids is 1. The van der Waals surface area contributed by atoms with E-state index in [2.05, 4.69) is 4.98 Å². The van der Waals surface area contributed by atoms with Crippen LogP contribution in [0.3, 0.4) is 0 Å². The highest BCUT2D eigenvalue weighted by molar-refractivity contribution is 7.92. The van der Waals surface area contributed by atoms with Crippen molar-refractivity contribution in [3.05, 3.63) is 71.9 Å². The second kappa shape index (κ2) is 10.3. The number of carbonyl (C=O) groups is 1. The van der Waals surface area contributed by atoms with E-state index in [0.717, 1.165) is 28.2 Å². The van der Waals surface area contributed by atoms with Crippen LogP contribution in [0.1, 0.15) is 24.6 Å². The van der Waals surface area contributed by atoms with Crippen LogP contribution in [0.4, 0.5) is 18.9 Å². The van der Waals surface area contributed by atoms with Crippen molar-refractivity contribution in [2.45, 2.75) is 31.3 Å². The van der Waals surface area contributed by atoms with Crippen LogP contribution in [0.2, 0.25) is 0 Å².